The Labute approximate surface area is 136 Å². The number of aromatic hydroxyl groups is 1. The van der Waals surface area contributed by atoms with Crippen molar-refractivity contribution < 1.29 is 34.4 Å². The standard InChI is InChI=1S/C15H16N2O7/c1-24-15(23)10-7-17(4-5-18)13(20)12(10)16-8-2-3-11(19)9(6-8)14(21)22/h2-3,6,16,18-19H,4-5,7H2,1H3,(H,21,22). The predicted octanol–water partition coefficient (Wildman–Crippen LogP) is -0.236. The van der Waals surface area contributed by atoms with Gasteiger partial charge in [-0.05, 0) is 18.2 Å². The van der Waals surface area contributed by atoms with Crippen LogP contribution in [-0.4, -0.2) is 64.9 Å². The van der Waals surface area contributed by atoms with E-state index in [0.717, 1.165) is 12.1 Å². The number of hydrogen-bond acceptors (Lipinski definition) is 7. The van der Waals surface area contributed by atoms with Crippen molar-refractivity contribution in [2.45, 2.75) is 0 Å². The molecule has 0 spiro atoms. The number of hydrogen-bond donors (Lipinski definition) is 4. The van der Waals surface area contributed by atoms with Gasteiger partial charge in [-0.2, -0.15) is 0 Å². The summed E-state index contributed by atoms with van der Waals surface area (Å²) in [6.45, 7) is -0.255. The van der Waals surface area contributed by atoms with Crippen molar-refractivity contribution in [3.8, 4) is 5.75 Å². The zero-order valence-electron chi connectivity index (χ0n) is 12.8. The minimum absolute atomic E-state index is 0.0295. The molecule has 0 aliphatic carbocycles. The Morgan fingerprint density at radius 3 is 2.67 bits per heavy atom. The van der Waals surface area contributed by atoms with Crippen molar-refractivity contribution in [3.63, 3.8) is 0 Å². The minimum atomic E-state index is -1.34. The van der Waals surface area contributed by atoms with Crippen LogP contribution >= 0.6 is 0 Å². The minimum Gasteiger partial charge on any atom is -0.507 e. The Bertz CT molecular complexity index is 727. The topological polar surface area (TPSA) is 136 Å². The number of carboxylic acid groups (broad SMARTS) is 1. The maximum absolute atomic E-state index is 12.3. The fourth-order valence-corrected chi connectivity index (χ4v) is 2.28. The third kappa shape index (κ3) is 3.30. The Hall–Kier alpha value is -3.07. The van der Waals surface area contributed by atoms with Crippen LogP contribution in [0.1, 0.15) is 10.4 Å². The molecule has 0 radical (unpaired) electrons. The first-order valence-electron chi connectivity index (χ1n) is 6.94. The number of esters is 1. The second kappa shape index (κ2) is 7.01. The average molecular weight is 336 g/mol. The van der Waals surface area contributed by atoms with Gasteiger partial charge in [0.15, 0.2) is 0 Å². The summed E-state index contributed by atoms with van der Waals surface area (Å²) in [6.07, 6.45) is 0. The molecule has 128 valence electrons. The molecule has 0 unspecified atom stereocenters. The lowest BCUT2D eigenvalue weighted by Gasteiger charge is -2.15. The zero-order chi connectivity index (χ0) is 17.9. The maximum atomic E-state index is 12.3. The van der Waals surface area contributed by atoms with Gasteiger partial charge in [0, 0.05) is 12.2 Å². The van der Waals surface area contributed by atoms with Gasteiger partial charge in [0.1, 0.15) is 17.0 Å². The first-order chi connectivity index (χ1) is 11.4. The number of carbonyl (C=O) groups excluding carboxylic acids is 2. The number of β-amino-alcohol motifs (C(OH)–C–C–N with tert-alkyl or cyclic N) is 1. The molecule has 2 rings (SSSR count). The summed E-state index contributed by atoms with van der Waals surface area (Å²) < 4.78 is 4.65. The molecule has 24 heavy (non-hydrogen) atoms. The number of amides is 1. The number of benzene rings is 1. The molecule has 0 saturated carbocycles. The van der Waals surface area contributed by atoms with Crippen LogP contribution in [0.25, 0.3) is 0 Å². The smallest absolute Gasteiger partial charge is 0.339 e. The van der Waals surface area contributed by atoms with Gasteiger partial charge in [0.2, 0.25) is 0 Å². The fourth-order valence-electron chi connectivity index (χ4n) is 2.28. The Kier molecular flexibility index (Phi) is 5.05. The molecule has 0 fully saturated rings. The summed E-state index contributed by atoms with van der Waals surface area (Å²) in [5, 5.41) is 30.2. The summed E-state index contributed by atoms with van der Waals surface area (Å²) in [6, 6.07) is 3.67. The second-order valence-corrected chi connectivity index (χ2v) is 4.96. The molecule has 1 aromatic carbocycles. The number of nitrogens with one attached hydrogen (secondary N) is 1. The Morgan fingerprint density at radius 1 is 1.38 bits per heavy atom. The van der Waals surface area contributed by atoms with E-state index in [-0.39, 0.29) is 42.2 Å². The van der Waals surface area contributed by atoms with Gasteiger partial charge in [-0.25, -0.2) is 9.59 Å². The highest BCUT2D eigenvalue weighted by molar-refractivity contribution is 6.08. The van der Waals surface area contributed by atoms with Crippen LogP contribution in [0.3, 0.4) is 0 Å². The third-order valence-corrected chi connectivity index (χ3v) is 3.45. The highest BCUT2D eigenvalue weighted by atomic mass is 16.5. The molecule has 1 aliphatic heterocycles. The number of carboxylic acids is 1. The van der Waals surface area contributed by atoms with Crippen LogP contribution < -0.4 is 5.32 Å². The van der Waals surface area contributed by atoms with E-state index in [4.69, 9.17) is 10.2 Å². The second-order valence-electron chi connectivity index (χ2n) is 4.96. The molecular weight excluding hydrogens is 320 g/mol. The van der Waals surface area contributed by atoms with Crippen molar-refractivity contribution in [2.24, 2.45) is 0 Å². The third-order valence-electron chi connectivity index (χ3n) is 3.45. The fraction of sp³-hybridized carbons (Fsp3) is 0.267. The van der Waals surface area contributed by atoms with E-state index in [2.05, 4.69) is 10.1 Å². The highest BCUT2D eigenvalue weighted by Gasteiger charge is 2.34. The van der Waals surface area contributed by atoms with Gasteiger partial charge in [0.25, 0.3) is 5.91 Å². The quantitative estimate of drug-likeness (QED) is 0.413. The number of carbonyl (C=O) groups is 3. The first kappa shape index (κ1) is 17.3. The predicted molar refractivity (Wildman–Crippen MR) is 81.4 cm³/mol. The number of anilines is 1. The maximum Gasteiger partial charge on any atom is 0.339 e. The molecule has 9 nitrogen and oxygen atoms in total. The average Bonchev–Trinajstić information content (AvgIpc) is 2.85. The van der Waals surface area contributed by atoms with Crippen LogP contribution in [0.2, 0.25) is 0 Å². The number of ether oxygens (including phenoxy) is 1. The summed E-state index contributed by atoms with van der Waals surface area (Å²) in [4.78, 5) is 36.5. The van der Waals surface area contributed by atoms with Crippen molar-refractivity contribution in [1.82, 2.24) is 4.90 Å². The van der Waals surface area contributed by atoms with Gasteiger partial charge < -0.3 is 30.3 Å². The van der Waals surface area contributed by atoms with Crippen LogP contribution in [-0.2, 0) is 14.3 Å². The molecule has 4 N–H and O–H groups in total. The molecule has 1 amide bonds. The number of phenols is 1. The number of rotatable bonds is 6. The molecule has 1 aliphatic rings. The van der Waals surface area contributed by atoms with E-state index in [1.54, 1.807) is 0 Å². The Balaban J connectivity index is 2.37. The van der Waals surface area contributed by atoms with Crippen molar-refractivity contribution >= 4 is 23.5 Å². The van der Waals surface area contributed by atoms with Gasteiger partial charge in [0.05, 0.1) is 25.8 Å². The lowest BCUT2D eigenvalue weighted by Crippen LogP contribution is -2.31. The lowest BCUT2D eigenvalue weighted by molar-refractivity contribution is -0.136. The number of aliphatic hydroxyl groups is 1. The van der Waals surface area contributed by atoms with Gasteiger partial charge in [-0.1, -0.05) is 0 Å². The van der Waals surface area contributed by atoms with Crippen molar-refractivity contribution in [2.75, 3.05) is 32.1 Å². The summed E-state index contributed by atoms with van der Waals surface area (Å²) >= 11 is 0. The number of aliphatic hydroxyl groups excluding tert-OH is 1. The molecule has 0 atom stereocenters. The van der Waals surface area contributed by atoms with Gasteiger partial charge >= 0.3 is 11.9 Å². The number of aromatic carboxylic acids is 1. The highest BCUT2D eigenvalue weighted by Crippen LogP contribution is 2.26. The van der Waals surface area contributed by atoms with Gasteiger partial charge in [-0.15, -0.1) is 0 Å². The van der Waals surface area contributed by atoms with E-state index in [0.29, 0.717) is 0 Å². The van der Waals surface area contributed by atoms with E-state index in [1.807, 2.05) is 0 Å². The molecular formula is C15H16N2O7. The van der Waals surface area contributed by atoms with E-state index in [1.165, 1.54) is 18.1 Å². The van der Waals surface area contributed by atoms with Crippen LogP contribution in [0, 0.1) is 0 Å². The largest absolute Gasteiger partial charge is 0.507 e. The summed E-state index contributed by atoms with van der Waals surface area (Å²) in [5.74, 6) is -2.98. The molecule has 0 bridgehead atoms. The SMILES string of the molecule is COC(=O)C1=C(Nc2ccc(O)c(C(=O)O)c2)C(=O)N(CCO)C1. The summed E-state index contributed by atoms with van der Waals surface area (Å²) in [5.41, 5.74) is -0.128. The van der Waals surface area contributed by atoms with Crippen LogP contribution in [0.15, 0.2) is 29.5 Å². The zero-order valence-corrected chi connectivity index (χ0v) is 12.8. The van der Waals surface area contributed by atoms with Gasteiger partial charge in [-0.3, -0.25) is 4.79 Å². The molecule has 1 aromatic rings. The van der Waals surface area contributed by atoms with Crippen LogP contribution in [0.4, 0.5) is 5.69 Å². The van der Waals surface area contributed by atoms with E-state index >= 15 is 0 Å². The Morgan fingerprint density at radius 2 is 2.08 bits per heavy atom. The van der Waals surface area contributed by atoms with E-state index in [9.17, 15) is 19.5 Å². The van der Waals surface area contributed by atoms with Crippen molar-refractivity contribution in [1.29, 1.82) is 0 Å². The van der Waals surface area contributed by atoms with E-state index < -0.39 is 23.6 Å². The molecule has 0 saturated heterocycles. The normalized spacial score (nSPS) is 14.1. The van der Waals surface area contributed by atoms with Crippen molar-refractivity contribution in [3.05, 3.63) is 35.0 Å². The monoisotopic (exact) mass is 336 g/mol. The number of nitrogens with zero attached hydrogens (tertiary/aromatic N) is 1. The summed E-state index contributed by atoms with van der Waals surface area (Å²) in [7, 11) is 1.18. The molecule has 1 heterocycles. The van der Waals surface area contributed by atoms with Crippen LogP contribution in [0.5, 0.6) is 5.75 Å². The molecule has 9 heteroatoms. The first-order valence-corrected chi connectivity index (χ1v) is 6.94. The molecule has 0 aromatic heterocycles. The lowest BCUT2D eigenvalue weighted by atomic mass is 10.1. The number of methoxy groups -OCH3 is 1.